The molecule has 0 fully saturated rings. The van der Waals surface area contributed by atoms with Gasteiger partial charge in [-0.05, 0) is 24.1 Å². The molecule has 8 nitrogen and oxygen atoms in total. The molecule has 0 radical (unpaired) electrons. The molecule has 2 amide bonds. The quantitative estimate of drug-likeness (QED) is 0.408. The van der Waals surface area contributed by atoms with E-state index in [0.29, 0.717) is 5.56 Å². The molecule has 0 aliphatic rings. The molecule has 0 bridgehead atoms. The van der Waals surface area contributed by atoms with Gasteiger partial charge in [0.15, 0.2) is 9.84 Å². The fourth-order valence-electron chi connectivity index (χ4n) is 3.41. The van der Waals surface area contributed by atoms with Crippen molar-refractivity contribution in [3.05, 3.63) is 71.8 Å². The summed E-state index contributed by atoms with van der Waals surface area (Å²) in [5.41, 5.74) is 0.447. The highest BCUT2D eigenvalue weighted by Gasteiger charge is 2.31. The van der Waals surface area contributed by atoms with Gasteiger partial charge in [0.2, 0.25) is 5.91 Å². The van der Waals surface area contributed by atoms with Crippen LogP contribution in [0.5, 0.6) is 0 Å². The predicted molar refractivity (Wildman–Crippen MR) is 126 cm³/mol. The number of sulfone groups is 1. The van der Waals surface area contributed by atoms with Crippen molar-refractivity contribution < 1.29 is 27.9 Å². The van der Waals surface area contributed by atoms with Gasteiger partial charge in [-0.2, -0.15) is 0 Å². The van der Waals surface area contributed by atoms with Gasteiger partial charge in [-0.25, -0.2) is 8.42 Å². The molecule has 1 atom stereocenters. The van der Waals surface area contributed by atoms with Crippen molar-refractivity contribution in [1.82, 2.24) is 10.6 Å². The second kappa shape index (κ2) is 12.2. The number of aliphatic carboxylic acids is 1. The number of carboxylic acids is 1. The second-order valence-corrected chi connectivity index (χ2v) is 10.4. The first kappa shape index (κ1) is 26.1. The van der Waals surface area contributed by atoms with Crippen LogP contribution in [-0.2, 0) is 24.8 Å². The van der Waals surface area contributed by atoms with Gasteiger partial charge in [0.25, 0.3) is 5.91 Å². The van der Waals surface area contributed by atoms with Crippen LogP contribution >= 0.6 is 0 Å². The van der Waals surface area contributed by atoms with Crippen LogP contribution in [0, 0.1) is 0 Å². The molecule has 3 N–H and O–H groups in total. The maximum atomic E-state index is 12.5. The Morgan fingerprint density at radius 1 is 0.879 bits per heavy atom. The summed E-state index contributed by atoms with van der Waals surface area (Å²) in [6, 6.07) is 17.6. The summed E-state index contributed by atoms with van der Waals surface area (Å²) >= 11 is 0. The zero-order chi connectivity index (χ0) is 24.3. The van der Waals surface area contributed by atoms with Crippen molar-refractivity contribution in [3.63, 3.8) is 0 Å². The van der Waals surface area contributed by atoms with E-state index in [1.54, 1.807) is 61.5 Å². The highest BCUT2D eigenvalue weighted by molar-refractivity contribution is 7.91. The Morgan fingerprint density at radius 3 is 2.09 bits per heavy atom. The third-order valence-corrected chi connectivity index (χ3v) is 7.04. The summed E-state index contributed by atoms with van der Waals surface area (Å²) in [4.78, 5) is 35.2. The van der Waals surface area contributed by atoms with Crippen LogP contribution in [0.3, 0.4) is 0 Å². The minimum Gasteiger partial charge on any atom is -0.481 e. The molecular weight excluding hydrogens is 444 g/mol. The summed E-state index contributed by atoms with van der Waals surface area (Å²) in [6.07, 6.45) is 0.00634. The lowest BCUT2D eigenvalue weighted by atomic mass is 9.77. The summed E-state index contributed by atoms with van der Waals surface area (Å²) < 4.78 is 25.0. The number of carbonyl (C=O) groups is 3. The van der Waals surface area contributed by atoms with Crippen molar-refractivity contribution in [2.24, 2.45) is 0 Å². The Kier molecular flexibility index (Phi) is 9.59. The molecule has 9 heteroatoms. The van der Waals surface area contributed by atoms with Gasteiger partial charge in [-0.1, -0.05) is 55.5 Å². The standard InChI is InChI=1S/C24H30N2O6S/c1-24(18-22(28)29,20-10-6-3-7-11-20)13-16-33(31,32)17-15-25-21(27)12-14-26-23(30)19-8-4-2-5-9-19/h2-11H,12-18H2,1H3,(H,25,27)(H,26,30)(H,28,29). The van der Waals surface area contributed by atoms with E-state index < -0.39 is 21.2 Å². The molecule has 33 heavy (non-hydrogen) atoms. The number of rotatable bonds is 13. The molecule has 0 aromatic heterocycles. The lowest BCUT2D eigenvalue weighted by Gasteiger charge is -2.28. The van der Waals surface area contributed by atoms with Gasteiger partial charge in [0, 0.05) is 30.5 Å². The van der Waals surface area contributed by atoms with Crippen LogP contribution in [0.4, 0.5) is 0 Å². The Morgan fingerprint density at radius 2 is 1.48 bits per heavy atom. The number of carboxylic acid groups (broad SMARTS) is 1. The summed E-state index contributed by atoms with van der Waals surface area (Å²) in [5, 5.41) is 14.5. The Balaban J connectivity index is 1.76. The van der Waals surface area contributed by atoms with Gasteiger partial charge in [0.1, 0.15) is 0 Å². The SMILES string of the molecule is CC(CCS(=O)(=O)CCNC(=O)CCNC(=O)c1ccccc1)(CC(=O)O)c1ccccc1. The van der Waals surface area contributed by atoms with Gasteiger partial charge in [0.05, 0.1) is 17.9 Å². The van der Waals surface area contributed by atoms with Gasteiger partial charge < -0.3 is 15.7 Å². The highest BCUT2D eigenvalue weighted by atomic mass is 32.2. The molecule has 1 unspecified atom stereocenters. The van der Waals surface area contributed by atoms with E-state index in [0.717, 1.165) is 5.56 Å². The first-order valence-corrected chi connectivity index (χ1v) is 12.5. The average molecular weight is 475 g/mol. The van der Waals surface area contributed by atoms with Crippen LogP contribution < -0.4 is 10.6 Å². The molecule has 178 valence electrons. The second-order valence-electron chi connectivity index (χ2n) is 8.12. The minimum atomic E-state index is -3.50. The van der Waals surface area contributed by atoms with E-state index >= 15 is 0 Å². The zero-order valence-corrected chi connectivity index (χ0v) is 19.4. The monoisotopic (exact) mass is 474 g/mol. The maximum Gasteiger partial charge on any atom is 0.304 e. The first-order valence-electron chi connectivity index (χ1n) is 10.7. The number of hydrogen-bond donors (Lipinski definition) is 3. The van der Waals surface area contributed by atoms with Crippen molar-refractivity contribution in [2.75, 3.05) is 24.6 Å². The highest BCUT2D eigenvalue weighted by Crippen LogP contribution is 2.32. The normalized spacial score (nSPS) is 13.0. The fraction of sp³-hybridized carbons (Fsp3) is 0.375. The van der Waals surface area contributed by atoms with Crippen LogP contribution in [0.15, 0.2) is 60.7 Å². The molecule has 0 aliphatic heterocycles. The average Bonchev–Trinajstić information content (AvgIpc) is 2.78. The molecule has 2 rings (SSSR count). The Labute approximate surface area is 194 Å². The van der Waals surface area contributed by atoms with Gasteiger partial charge in [-0.3, -0.25) is 14.4 Å². The number of nitrogens with one attached hydrogen (secondary N) is 2. The largest absolute Gasteiger partial charge is 0.481 e. The summed E-state index contributed by atoms with van der Waals surface area (Å²) in [5.74, 6) is -2.07. The molecule has 0 spiro atoms. The first-order chi connectivity index (χ1) is 15.6. The molecule has 2 aromatic carbocycles. The van der Waals surface area contributed by atoms with Crippen LogP contribution in [-0.4, -0.2) is 55.9 Å². The van der Waals surface area contributed by atoms with Crippen LogP contribution in [0.2, 0.25) is 0 Å². The van der Waals surface area contributed by atoms with Crippen molar-refractivity contribution in [3.8, 4) is 0 Å². The predicted octanol–water partition coefficient (Wildman–Crippen LogP) is 2.16. The number of hydrogen-bond acceptors (Lipinski definition) is 5. The van der Waals surface area contributed by atoms with E-state index in [2.05, 4.69) is 10.6 Å². The van der Waals surface area contributed by atoms with E-state index in [-0.39, 0.29) is 55.7 Å². The van der Waals surface area contributed by atoms with Crippen LogP contribution in [0.25, 0.3) is 0 Å². The smallest absolute Gasteiger partial charge is 0.304 e. The zero-order valence-electron chi connectivity index (χ0n) is 18.6. The number of amides is 2. The van der Waals surface area contributed by atoms with Crippen molar-refractivity contribution >= 4 is 27.6 Å². The molecule has 2 aromatic rings. The van der Waals surface area contributed by atoms with Gasteiger partial charge >= 0.3 is 5.97 Å². The van der Waals surface area contributed by atoms with E-state index in [9.17, 15) is 27.9 Å². The van der Waals surface area contributed by atoms with Crippen molar-refractivity contribution in [2.45, 2.75) is 31.6 Å². The molecular formula is C24H30N2O6S. The van der Waals surface area contributed by atoms with Crippen LogP contribution in [0.1, 0.15) is 42.1 Å². The third kappa shape index (κ3) is 9.05. The third-order valence-electron chi connectivity index (χ3n) is 5.39. The van der Waals surface area contributed by atoms with Crippen molar-refractivity contribution in [1.29, 1.82) is 0 Å². The maximum absolute atomic E-state index is 12.5. The van der Waals surface area contributed by atoms with Gasteiger partial charge in [-0.15, -0.1) is 0 Å². The summed E-state index contributed by atoms with van der Waals surface area (Å²) in [6.45, 7) is 1.84. The van der Waals surface area contributed by atoms with E-state index in [4.69, 9.17) is 0 Å². The number of carbonyl (C=O) groups excluding carboxylic acids is 2. The molecule has 0 heterocycles. The topological polar surface area (TPSA) is 130 Å². The fourth-order valence-corrected chi connectivity index (χ4v) is 4.79. The molecule has 0 aliphatic carbocycles. The van der Waals surface area contributed by atoms with E-state index in [1.807, 2.05) is 6.07 Å². The summed E-state index contributed by atoms with van der Waals surface area (Å²) in [7, 11) is -3.50. The Bertz CT molecular complexity index is 1040. The Hall–Kier alpha value is -3.20. The van der Waals surface area contributed by atoms with E-state index in [1.165, 1.54) is 0 Å². The lowest BCUT2D eigenvalue weighted by Crippen LogP contribution is -2.34. The number of benzene rings is 2. The molecule has 0 saturated carbocycles. The minimum absolute atomic E-state index is 0.0311. The lowest BCUT2D eigenvalue weighted by molar-refractivity contribution is -0.138. The molecule has 0 saturated heterocycles.